The molecule has 0 amide bonds. The molecule has 5 nitrogen and oxygen atoms in total. The quantitative estimate of drug-likeness (QED) is 0.482. The van der Waals surface area contributed by atoms with Gasteiger partial charge in [-0.1, -0.05) is 46.4 Å². The van der Waals surface area contributed by atoms with Crippen molar-refractivity contribution < 1.29 is 0 Å². The summed E-state index contributed by atoms with van der Waals surface area (Å²) in [5, 5.41) is 7.68. The molecule has 0 aliphatic rings. The Labute approximate surface area is 168 Å². The molecule has 128 valence electrons. The van der Waals surface area contributed by atoms with Crippen molar-refractivity contribution in [1.29, 1.82) is 0 Å². The van der Waals surface area contributed by atoms with Crippen LogP contribution in [0.3, 0.4) is 0 Å². The molecule has 0 atom stereocenters. The molecular formula is C15H8Cl5N5. The van der Waals surface area contributed by atoms with E-state index in [2.05, 4.69) is 25.6 Å². The first kappa shape index (κ1) is 18.3. The summed E-state index contributed by atoms with van der Waals surface area (Å²) in [6, 6.07) is 10.1. The van der Waals surface area contributed by atoms with Crippen molar-refractivity contribution >= 4 is 81.3 Å². The molecule has 2 aromatic carbocycles. The first-order chi connectivity index (χ1) is 11.9. The molecule has 0 aliphatic carbocycles. The number of hydrogen-bond donors (Lipinski definition) is 2. The third-order valence-corrected chi connectivity index (χ3v) is 4.61. The molecule has 0 fully saturated rings. The molecule has 25 heavy (non-hydrogen) atoms. The molecule has 0 saturated heterocycles. The predicted molar refractivity (Wildman–Crippen MR) is 104 cm³/mol. The van der Waals surface area contributed by atoms with Crippen LogP contribution in [0.4, 0.5) is 23.3 Å². The largest absolute Gasteiger partial charge is 0.324 e. The van der Waals surface area contributed by atoms with Crippen LogP contribution in [0, 0.1) is 0 Å². The Morgan fingerprint density at radius 2 is 1.00 bits per heavy atom. The standard InChI is InChI=1S/C15H8Cl5N5/c16-9-3-1-7(5-11(9)18)21-14-23-13(20)24-15(25-14)22-8-2-4-10(17)12(19)6-8/h1-6H,(H2,21,22,23,24,25). The van der Waals surface area contributed by atoms with Crippen LogP contribution in [0.25, 0.3) is 0 Å². The van der Waals surface area contributed by atoms with Crippen molar-refractivity contribution in [3.63, 3.8) is 0 Å². The summed E-state index contributed by atoms with van der Waals surface area (Å²) in [5.74, 6) is 0.474. The Balaban J connectivity index is 1.84. The Hall–Kier alpha value is -1.50. The number of nitrogens with zero attached hydrogens (tertiary/aromatic N) is 3. The first-order valence-corrected chi connectivity index (χ1v) is 8.65. The van der Waals surface area contributed by atoms with E-state index in [0.717, 1.165) is 0 Å². The Kier molecular flexibility index (Phi) is 5.71. The van der Waals surface area contributed by atoms with E-state index in [-0.39, 0.29) is 17.2 Å². The molecule has 0 spiro atoms. The van der Waals surface area contributed by atoms with Crippen LogP contribution in [0.15, 0.2) is 36.4 Å². The molecule has 0 bridgehead atoms. The molecular weight excluding hydrogens is 427 g/mol. The summed E-state index contributed by atoms with van der Waals surface area (Å²) in [7, 11) is 0. The zero-order valence-electron chi connectivity index (χ0n) is 12.2. The second-order valence-corrected chi connectivity index (χ2v) is 6.73. The van der Waals surface area contributed by atoms with E-state index < -0.39 is 0 Å². The third-order valence-electron chi connectivity index (χ3n) is 2.96. The van der Waals surface area contributed by atoms with Crippen molar-refractivity contribution in [1.82, 2.24) is 15.0 Å². The maximum absolute atomic E-state index is 5.99. The molecule has 0 aliphatic heterocycles. The number of rotatable bonds is 4. The van der Waals surface area contributed by atoms with Gasteiger partial charge in [0.05, 0.1) is 20.1 Å². The lowest BCUT2D eigenvalue weighted by Crippen LogP contribution is -2.04. The molecule has 3 rings (SSSR count). The molecule has 3 aromatic rings. The highest BCUT2D eigenvalue weighted by molar-refractivity contribution is 6.42. The van der Waals surface area contributed by atoms with Gasteiger partial charge in [-0.15, -0.1) is 0 Å². The van der Waals surface area contributed by atoms with Gasteiger partial charge in [-0.25, -0.2) is 0 Å². The number of nitrogens with one attached hydrogen (secondary N) is 2. The molecule has 2 N–H and O–H groups in total. The minimum absolute atomic E-state index is 0.0140. The van der Waals surface area contributed by atoms with Gasteiger partial charge in [0.25, 0.3) is 0 Å². The summed E-state index contributed by atoms with van der Waals surface area (Å²) in [5.41, 5.74) is 1.30. The van der Waals surface area contributed by atoms with Crippen molar-refractivity contribution in [2.75, 3.05) is 10.6 Å². The molecule has 1 heterocycles. The van der Waals surface area contributed by atoms with Crippen LogP contribution >= 0.6 is 58.0 Å². The smallest absolute Gasteiger partial charge is 0.233 e. The molecule has 0 saturated carbocycles. The minimum Gasteiger partial charge on any atom is -0.324 e. The van der Waals surface area contributed by atoms with E-state index in [1.165, 1.54) is 0 Å². The topological polar surface area (TPSA) is 62.7 Å². The van der Waals surface area contributed by atoms with Crippen molar-refractivity contribution in [3.05, 3.63) is 61.8 Å². The fourth-order valence-corrected chi connectivity index (χ4v) is 2.62. The van der Waals surface area contributed by atoms with Gasteiger partial charge in [-0.3, -0.25) is 0 Å². The monoisotopic (exact) mass is 433 g/mol. The molecule has 1 aromatic heterocycles. The van der Waals surface area contributed by atoms with E-state index in [1.807, 2.05) is 0 Å². The lowest BCUT2D eigenvalue weighted by atomic mass is 10.3. The number of anilines is 4. The zero-order valence-corrected chi connectivity index (χ0v) is 16.0. The number of hydrogen-bond acceptors (Lipinski definition) is 5. The number of aromatic nitrogens is 3. The predicted octanol–water partition coefficient (Wildman–Crippen LogP) is 6.63. The second kappa shape index (κ2) is 7.81. The highest BCUT2D eigenvalue weighted by atomic mass is 35.5. The normalized spacial score (nSPS) is 10.6. The molecule has 10 heteroatoms. The SMILES string of the molecule is Clc1nc(Nc2ccc(Cl)c(Cl)c2)nc(Nc2ccc(Cl)c(Cl)c2)n1. The fraction of sp³-hybridized carbons (Fsp3) is 0. The highest BCUT2D eigenvalue weighted by Gasteiger charge is 2.08. The zero-order chi connectivity index (χ0) is 18.0. The van der Waals surface area contributed by atoms with E-state index in [1.54, 1.807) is 36.4 Å². The van der Waals surface area contributed by atoms with Gasteiger partial charge >= 0.3 is 0 Å². The average Bonchev–Trinajstić information content (AvgIpc) is 2.54. The van der Waals surface area contributed by atoms with Gasteiger partial charge in [0.2, 0.25) is 17.2 Å². The van der Waals surface area contributed by atoms with Crippen molar-refractivity contribution in [2.45, 2.75) is 0 Å². The Morgan fingerprint density at radius 3 is 1.40 bits per heavy atom. The summed E-state index contributed by atoms with van der Waals surface area (Å²) >= 11 is 29.7. The molecule has 0 unspecified atom stereocenters. The van der Waals surface area contributed by atoms with Crippen molar-refractivity contribution in [3.8, 4) is 0 Å². The van der Waals surface area contributed by atoms with Crippen LogP contribution < -0.4 is 10.6 Å². The van der Waals surface area contributed by atoms with Gasteiger partial charge in [0, 0.05) is 11.4 Å². The Morgan fingerprint density at radius 1 is 0.560 bits per heavy atom. The third kappa shape index (κ3) is 4.77. The lowest BCUT2D eigenvalue weighted by molar-refractivity contribution is 1.06. The minimum atomic E-state index is 0.0140. The number of benzene rings is 2. The summed E-state index contributed by atoms with van der Waals surface area (Å²) in [4.78, 5) is 12.3. The van der Waals surface area contributed by atoms with Crippen LogP contribution in [-0.4, -0.2) is 15.0 Å². The van der Waals surface area contributed by atoms with Crippen LogP contribution in [0.1, 0.15) is 0 Å². The van der Waals surface area contributed by atoms with E-state index in [9.17, 15) is 0 Å². The maximum Gasteiger partial charge on any atom is 0.233 e. The van der Waals surface area contributed by atoms with E-state index in [4.69, 9.17) is 58.0 Å². The maximum atomic E-state index is 5.99. The fourth-order valence-electron chi connectivity index (χ4n) is 1.87. The van der Waals surface area contributed by atoms with Crippen LogP contribution in [0.5, 0.6) is 0 Å². The van der Waals surface area contributed by atoms with E-state index >= 15 is 0 Å². The first-order valence-electron chi connectivity index (χ1n) is 6.76. The van der Waals surface area contributed by atoms with Crippen molar-refractivity contribution in [2.24, 2.45) is 0 Å². The van der Waals surface area contributed by atoms with Gasteiger partial charge in [-0.2, -0.15) is 15.0 Å². The van der Waals surface area contributed by atoms with Gasteiger partial charge in [0.1, 0.15) is 0 Å². The van der Waals surface area contributed by atoms with Crippen LogP contribution in [0.2, 0.25) is 25.4 Å². The van der Waals surface area contributed by atoms with Gasteiger partial charge in [-0.05, 0) is 48.0 Å². The lowest BCUT2D eigenvalue weighted by Gasteiger charge is -2.09. The van der Waals surface area contributed by atoms with Gasteiger partial charge in [0.15, 0.2) is 0 Å². The highest BCUT2D eigenvalue weighted by Crippen LogP contribution is 2.28. The average molecular weight is 436 g/mol. The Bertz CT molecular complexity index is 862. The summed E-state index contributed by atoms with van der Waals surface area (Å²) < 4.78 is 0. The summed E-state index contributed by atoms with van der Waals surface area (Å²) in [6.07, 6.45) is 0. The van der Waals surface area contributed by atoms with E-state index in [0.29, 0.717) is 31.5 Å². The second-order valence-electron chi connectivity index (χ2n) is 4.76. The summed E-state index contributed by atoms with van der Waals surface area (Å²) in [6.45, 7) is 0. The van der Waals surface area contributed by atoms with Gasteiger partial charge < -0.3 is 10.6 Å². The molecule has 0 radical (unpaired) electrons. The number of halogens is 5. The van der Waals surface area contributed by atoms with Crippen LogP contribution in [-0.2, 0) is 0 Å².